The Morgan fingerprint density at radius 3 is 2.14 bits per heavy atom. The lowest BCUT2D eigenvalue weighted by atomic mass is 10.3. The number of hydrogen-bond acceptors (Lipinski definition) is 4. The highest BCUT2D eigenvalue weighted by Gasteiger charge is 2.25. The van der Waals surface area contributed by atoms with E-state index < -0.39 is 21.4 Å². The molecule has 0 aromatic rings. The zero-order valence-electron chi connectivity index (χ0n) is 8.00. The van der Waals surface area contributed by atoms with E-state index in [0.29, 0.717) is 0 Å². The monoisotopic (exact) mass is 246 g/mol. The lowest BCUT2D eigenvalue weighted by Crippen LogP contribution is -2.36. The van der Waals surface area contributed by atoms with Crippen molar-refractivity contribution >= 4 is 28.4 Å². The van der Waals surface area contributed by atoms with Crippen LogP contribution >= 0.6 is 12.4 Å². The predicted octanol–water partition coefficient (Wildman–Crippen LogP) is -0.551. The lowest BCUT2D eigenvalue weighted by Gasteiger charge is -2.20. The number of carbonyl (C=O) groups is 1. The van der Waals surface area contributed by atoms with Crippen LogP contribution in [0.2, 0.25) is 0 Å². The molecule has 0 fully saturated rings. The van der Waals surface area contributed by atoms with Crippen LogP contribution in [-0.4, -0.2) is 43.2 Å². The van der Waals surface area contributed by atoms with Crippen LogP contribution in [-0.2, 0) is 14.9 Å². The second-order valence-electron chi connectivity index (χ2n) is 2.94. The molecule has 0 saturated carbocycles. The largest absolute Gasteiger partial charge is 0.370 e. The molecular weight excluding hydrogens is 232 g/mol. The van der Waals surface area contributed by atoms with Crippen LogP contribution in [0.15, 0.2) is 0 Å². The van der Waals surface area contributed by atoms with Gasteiger partial charge in [0, 0.05) is 6.42 Å². The Kier molecular flexibility index (Phi) is 7.09. The fourth-order valence-corrected chi connectivity index (χ4v) is 1.89. The Balaban J connectivity index is 0. The van der Waals surface area contributed by atoms with Gasteiger partial charge in [0.15, 0.2) is 0 Å². The van der Waals surface area contributed by atoms with Crippen molar-refractivity contribution in [2.45, 2.75) is 18.2 Å². The molecule has 1 atom stereocenters. The molecule has 0 aromatic carbocycles. The number of halogens is 1. The molecule has 0 aliphatic heterocycles. The summed E-state index contributed by atoms with van der Waals surface area (Å²) in [6.07, 6.45) is -0.0657. The standard InChI is InChI=1S/C6H14N2O4S.ClH/c1-8(2)6(13(10,11)12)4-3-5(7)9;/h6H,3-4H2,1-2H3,(H2,7,9)(H,10,11,12);1H. The van der Waals surface area contributed by atoms with E-state index in [2.05, 4.69) is 0 Å². The average molecular weight is 247 g/mol. The van der Waals surface area contributed by atoms with Crippen LogP contribution in [0.3, 0.4) is 0 Å². The first kappa shape index (κ1) is 16.1. The number of primary amides is 1. The Bertz CT molecular complexity index is 278. The molecule has 86 valence electrons. The van der Waals surface area contributed by atoms with Gasteiger partial charge in [0.1, 0.15) is 5.37 Å². The molecule has 0 heterocycles. The number of nitrogens with two attached hydrogens (primary N) is 1. The van der Waals surface area contributed by atoms with E-state index in [0.717, 1.165) is 0 Å². The minimum atomic E-state index is -4.14. The summed E-state index contributed by atoms with van der Waals surface area (Å²) < 4.78 is 30.2. The van der Waals surface area contributed by atoms with Gasteiger partial charge in [-0.05, 0) is 20.5 Å². The zero-order valence-corrected chi connectivity index (χ0v) is 9.64. The van der Waals surface area contributed by atoms with E-state index in [9.17, 15) is 13.2 Å². The van der Waals surface area contributed by atoms with Crippen molar-refractivity contribution < 1.29 is 17.8 Å². The summed E-state index contributed by atoms with van der Waals surface area (Å²) in [6, 6.07) is 0. The minimum absolute atomic E-state index is 0. The molecule has 0 rings (SSSR count). The highest BCUT2D eigenvalue weighted by Crippen LogP contribution is 2.09. The van der Waals surface area contributed by atoms with Gasteiger partial charge in [-0.1, -0.05) is 0 Å². The molecule has 0 bridgehead atoms. The summed E-state index contributed by atoms with van der Waals surface area (Å²) in [7, 11) is -1.14. The molecule has 0 saturated heterocycles. The normalized spacial score (nSPS) is 13.4. The topological polar surface area (TPSA) is 101 Å². The molecule has 0 spiro atoms. The maximum atomic E-state index is 10.7. The summed E-state index contributed by atoms with van der Waals surface area (Å²) in [5, 5.41) is -1.07. The van der Waals surface area contributed by atoms with Crippen LogP contribution in [0.5, 0.6) is 0 Å². The minimum Gasteiger partial charge on any atom is -0.370 e. The second kappa shape index (κ2) is 6.18. The molecule has 14 heavy (non-hydrogen) atoms. The fourth-order valence-electron chi connectivity index (χ4n) is 0.939. The Hall–Kier alpha value is -0.370. The van der Waals surface area contributed by atoms with Crippen LogP contribution in [0.4, 0.5) is 0 Å². The molecule has 0 aliphatic carbocycles. The van der Waals surface area contributed by atoms with E-state index >= 15 is 0 Å². The van der Waals surface area contributed by atoms with Gasteiger partial charge in [0.25, 0.3) is 10.1 Å². The van der Waals surface area contributed by atoms with Crippen LogP contribution < -0.4 is 5.73 Å². The molecule has 1 unspecified atom stereocenters. The van der Waals surface area contributed by atoms with Crippen LogP contribution in [0.1, 0.15) is 12.8 Å². The Labute approximate surface area is 89.6 Å². The fraction of sp³-hybridized carbons (Fsp3) is 0.833. The third-order valence-corrected chi connectivity index (χ3v) is 2.90. The summed E-state index contributed by atoms with van der Waals surface area (Å²) in [5.41, 5.74) is 4.85. The van der Waals surface area contributed by atoms with Crippen molar-refractivity contribution in [3.8, 4) is 0 Å². The Morgan fingerprint density at radius 1 is 1.50 bits per heavy atom. The maximum Gasteiger partial charge on any atom is 0.281 e. The van der Waals surface area contributed by atoms with Crippen molar-refractivity contribution in [2.75, 3.05) is 14.1 Å². The van der Waals surface area contributed by atoms with Gasteiger partial charge in [0.05, 0.1) is 0 Å². The quantitative estimate of drug-likeness (QED) is 0.634. The summed E-state index contributed by atoms with van der Waals surface area (Å²) in [4.78, 5) is 11.7. The van der Waals surface area contributed by atoms with Crippen LogP contribution in [0.25, 0.3) is 0 Å². The molecule has 0 aliphatic rings. The van der Waals surface area contributed by atoms with Crippen LogP contribution in [0, 0.1) is 0 Å². The summed E-state index contributed by atoms with van der Waals surface area (Å²) in [6.45, 7) is 0. The van der Waals surface area contributed by atoms with E-state index in [4.69, 9.17) is 10.3 Å². The molecule has 8 heteroatoms. The second-order valence-corrected chi connectivity index (χ2v) is 4.51. The van der Waals surface area contributed by atoms with Gasteiger partial charge in [0.2, 0.25) is 5.91 Å². The van der Waals surface area contributed by atoms with E-state index in [1.807, 2.05) is 0 Å². The first-order valence-electron chi connectivity index (χ1n) is 3.66. The van der Waals surface area contributed by atoms with Gasteiger partial charge in [-0.25, -0.2) is 0 Å². The molecule has 6 nitrogen and oxygen atoms in total. The molecule has 1 amide bonds. The molecule has 3 N–H and O–H groups in total. The predicted molar refractivity (Wildman–Crippen MR) is 54.7 cm³/mol. The number of hydrogen-bond donors (Lipinski definition) is 2. The molecule has 0 radical (unpaired) electrons. The number of nitrogens with zero attached hydrogens (tertiary/aromatic N) is 1. The summed E-state index contributed by atoms with van der Waals surface area (Å²) in [5.74, 6) is -0.587. The van der Waals surface area contributed by atoms with Gasteiger partial charge >= 0.3 is 0 Å². The van der Waals surface area contributed by atoms with Crippen molar-refractivity contribution in [1.82, 2.24) is 4.90 Å². The number of rotatable bonds is 5. The van der Waals surface area contributed by atoms with E-state index in [-0.39, 0.29) is 25.2 Å². The molecule has 0 aromatic heterocycles. The first-order valence-corrected chi connectivity index (χ1v) is 5.16. The third-order valence-electron chi connectivity index (χ3n) is 1.56. The zero-order chi connectivity index (χ0) is 10.6. The SMILES string of the molecule is CN(C)C(CCC(N)=O)S(=O)(=O)O.Cl. The van der Waals surface area contributed by atoms with E-state index in [1.54, 1.807) is 0 Å². The smallest absolute Gasteiger partial charge is 0.281 e. The average Bonchev–Trinajstić information content (AvgIpc) is 1.81. The van der Waals surface area contributed by atoms with Crippen molar-refractivity contribution in [2.24, 2.45) is 5.73 Å². The highest BCUT2D eigenvalue weighted by atomic mass is 35.5. The van der Waals surface area contributed by atoms with E-state index in [1.165, 1.54) is 19.0 Å². The van der Waals surface area contributed by atoms with Crippen molar-refractivity contribution in [3.63, 3.8) is 0 Å². The highest BCUT2D eigenvalue weighted by molar-refractivity contribution is 7.86. The number of amides is 1. The van der Waals surface area contributed by atoms with Gasteiger partial charge < -0.3 is 5.73 Å². The van der Waals surface area contributed by atoms with Gasteiger partial charge in [-0.2, -0.15) is 8.42 Å². The van der Waals surface area contributed by atoms with Crippen molar-refractivity contribution in [3.05, 3.63) is 0 Å². The third kappa shape index (κ3) is 6.14. The van der Waals surface area contributed by atoms with Gasteiger partial charge in [-0.15, -0.1) is 12.4 Å². The lowest BCUT2D eigenvalue weighted by molar-refractivity contribution is -0.118. The number of carbonyl (C=O) groups excluding carboxylic acids is 1. The Morgan fingerprint density at radius 2 is 1.93 bits per heavy atom. The first-order chi connectivity index (χ1) is 5.75. The summed E-state index contributed by atoms with van der Waals surface area (Å²) >= 11 is 0. The molecular formula is C6H15ClN2O4S. The van der Waals surface area contributed by atoms with Gasteiger partial charge in [-0.3, -0.25) is 14.2 Å². The van der Waals surface area contributed by atoms with Crippen molar-refractivity contribution in [1.29, 1.82) is 0 Å². The maximum absolute atomic E-state index is 10.7.